The van der Waals surface area contributed by atoms with Gasteiger partial charge < -0.3 is 9.32 Å². The number of rotatable bonds is 2. The van der Waals surface area contributed by atoms with Crippen LogP contribution in [-0.2, 0) is 11.2 Å². The number of fused-ring (bicyclic) bond motifs is 1. The van der Waals surface area contributed by atoms with Crippen molar-refractivity contribution in [3.8, 4) is 0 Å². The lowest BCUT2D eigenvalue weighted by molar-refractivity contribution is -0.114. The normalized spacial score (nSPS) is 14.6. The van der Waals surface area contributed by atoms with Gasteiger partial charge in [-0.05, 0) is 58.6 Å². The van der Waals surface area contributed by atoms with Crippen LogP contribution in [0.1, 0.15) is 17.7 Å². The van der Waals surface area contributed by atoms with Crippen molar-refractivity contribution in [3.05, 3.63) is 58.5 Å². The van der Waals surface area contributed by atoms with Crippen molar-refractivity contribution < 1.29 is 9.21 Å². The first kappa shape index (κ1) is 13.2. The summed E-state index contributed by atoms with van der Waals surface area (Å²) in [7, 11) is 0. The molecule has 0 saturated heterocycles. The first-order valence-electron chi connectivity index (χ1n) is 6.57. The van der Waals surface area contributed by atoms with Crippen molar-refractivity contribution in [2.75, 3.05) is 11.4 Å². The van der Waals surface area contributed by atoms with Gasteiger partial charge in [-0.25, -0.2) is 0 Å². The number of amides is 1. The molecule has 1 aromatic carbocycles. The highest BCUT2D eigenvalue weighted by Gasteiger charge is 2.20. The zero-order chi connectivity index (χ0) is 13.9. The number of nitrogens with zero attached hydrogens (tertiary/aromatic N) is 1. The van der Waals surface area contributed by atoms with Crippen LogP contribution in [0.25, 0.3) is 6.08 Å². The molecule has 2 aromatic rings. The number of hydrogen-bond acceptors (Lipinski definition) is 2. The van der Waals surface area contributed by atoms with Gasteiger partial charge in [0.1, 0.15) is 5.76 Å². The van der Waals surface area contributed by atoms with Crippen LogP contribution < -0.4 is 4.90 Å². The van der Waals surface area contributed by atoms with E-state index < -0.39 is 0 Å². The van der Waals surface area contributed by atoms with Gasteiger partial charge in [0.15, 0.2) is 4.67 Å². The van der Waals surface area contributed by atoms with Gasteiger partial charge in [-0.15, -0.1) is 0 Å². The Kier molecular flexibility index (Phi) is 3.74. The molecule has 4 heteroatoms. The topological polar surface area (TPSA) is 33.5 Å². The summed E-state index contributed by atoms with van der Waals surface area (Å²) in [6.45, 7) is 0.766. The van der Waals surface area contributed by atoms with E-state index in [2.05, 4.69) is 22.0 Å². The molecule has 0 fully saturated rings. The van der Waals surface area contributed by atoms with Gasteiger partial charge in [-0.3, -0.25) is 4.79 Å². The second-order valence-electron chi connectivity index (χ2n) is 4.70. The fraction of sp³-hybridized carbons (Fsp3) is 0.188. The molecule has 0 saturated carbocycles. The number of benzene rings is 1. The van der Waals surface area contributed by atoms with Crippen molar-refractivity contribution in [3.63, 3.8) is 0 Å². The van der Waals surface area contributed by atoms with Crippen LogP contribution in [0.5, 0.6) is 0 Å². The molecule has 102 valence electrons. The summed E-state index contributed by atoms with van der Waals surface area (Å²) in [6.07, 6.45) is 5.30. The average Bonchev–Trinajstić information content (AvgIpc) is 2.90. The molecular formula is C16H14BrNO2. The summed E-state index contributed by atoms with van der Waals surface area (Å²) in [4.78, 5) is 14.2. The molecular weight excluding hydrogens is 318 g/mol. The molecule has 1 aliphatic rings. The third-order valence-corrected chi connectivity index (χ3v) is 3.79. The Morgan fingerprint density at radius 2 is 2.10 bits per heavy atom. The van der Waals surface area contributed by atoms with Crippen LogP contribution in [-0.4, -0.2) is 12.5 Å². The van der Waals surface area contributed by atoms with Gasteiger partial charge >= 0.3 is 0 Å². The van der Waals surface area contributed by atoms with Crippen LogP contribution in [0.2, 0.25) is 0 Å². The number of para-hydroxylation sites is 1. The quantitative estimate of drug-likeness (QED) is 0.778. The molecule has 20 heavy (non-hydrogen) atoms. The average molecular weight is 332 g/mol. The van der Waals surface area contributed by atoms with Gasteiger partial charge in [0.25, 0.3) is 5.91 Å². The third kappa shape index (κ3) is 2.70. The lowest BCUT2D eigenvalue weighted by Gasteiger charge is -2.28. The lowest BCUT2D eigenvalue weighted by Crippen LogP contribution is -2.34. The van der Waals surface area contributed by atoms with Gasteiger partial charge in [0.05, 0.1) is 0 Å². The maximum Gasteiger partial charge on any atom is 0.251 e. The maximum absolute atomic E-state index is 12.3. The van der Waals surface area contributed by atoms with Crippen molar-refractivity contribution in [2.24, 2.45) is 0 Å². The van der Waals surface area contributed by atoms with Crippen LogP contribution in [0, 0.1) is 0 Å². The van der Waals surface area contributed by atoms with Gasteiger partial charge in [0, 0.05) is 18.3 Å². The molecule has 0 atom stereocenters. The van der Waals surface area contributed by atoms with Crippen LogP contribution in [0.15, 0.2) is 51.6 Å². The van der Waals surface area contributed by atoms with Crippen LogP contribution in [0.4, 0.5) is 5.69 Å². The molecule has 3 rings (SSSR count). The molecule has 2 heterocycles. The SMILES string of the molecule is O=C(/C=C/c1ccc(Br)o1)N1CCCc2ccccc21. The van der Waals surface area contributed by atoms with Crippen LogP contribution >= 0.6 is 15.9 Å². The molecule has 1 aliphatic heterocycles. The number of halogens is 1. The van der Waals surface area contributed by atoms with Gasteiger partial charge in [0.2, 0.25) is 0 Å². The maximum atomic E-state index is 12.3. The standard InChI is InChI=1S/C16H14BrNO2/c17-15-9-7-13(20-15)8-10-16(19)18-11-3-5-12-4-1-2-6-14(12)18/h1-2,4,6-10H,3,5,11H2/b10-8+. The zero-order valence-electron chi connectivity index (χ0n) is 10.9. The Balaban J connectivity index is 1.80. The van der Waals surface area contributed by atoms with E-state index in [-0.39, 0.29) is 5.91 Å². The number of anilines is 1. The Morgan fingerprint density at radius 1 is 1.25 bits per heavy atom. The summed E-state index contributed by atoms with van der Waals surface area (Å²) < 4.78 is 6.01. The van der Waals surface area contributed by atoms with Crippen molar-refractivity contribution in [2.45, 2.75) is 12.8 Å². The van der Waals surface area contributed by atoms with E-state index in [0.717, 1.165) is 25.1 Å². The van der Waals surface area contributed by atoms with E-state index in [1.807, 2.05) is 29.2 Å². The summed E-state index contributed by atoms with van der Waals surface area (Å²) in [5, 5.41) is 0. The number of aryl methyl sites for hydroxylation is 1. The predicted molar refractivity (Wildman–Crippen MR) is 82.6 cm³/mol. The van der Waals surface area contributed by atoms with E-state index in [9.17, 15) is 4.79 Å². The summed E-state index contributed by atoms with van der Waals surface area (Å²) in [5.74, 6) is 0.653. The van der Waals surface area contributed by atoms with E-state index >= 15 is 0 Å². The van der Waals surface area contributed by atoms with E-state index in [4.69, 9.17) is 4.42 Å². The van der Waals surface area contributed by atoms with E-state index in [0.29, 0.717) is 10.4 Å². The first-order valence-corrected chi connectivity index (χ1v) is 7.36. The Bertz CT molecular complexity index is 660. The molecule has 1 aromatic heterocycles. The van der Waals surface area contributed by atoms with Gasteiger partial charge in [-0.2, -0.15) is 0 Å². The highest BCUT2D eigenvalue weighted by atomic mass is 79.9. The predicted octanol–water partition coefficient (Wildman–Crippen LogP) is 4.03. The molecule has 0 spiro atoms. The van der Waals surface area contributed by atoms with Gasteiger partial charge in [-0.1, -0.05) is 18.2 Å². The molecule has 0 unspecified atom stereocenters. The Morgan fingerprint density at radius 3 is 2.90 bits per heavy atom. The number of furan rings is 1. The highest BCUT2D eigenvalue weighted by molar-refractivity contribution is 9.10. The largest absolute Gasteiger partial charge is 0.450 e. The minimum absolute atomic E-state index is 0.00956. The van der Waals surface area contributed by atoms with E-state index in [1.54, 1.807) is 18.2 Å². The van der Waals surface area contributed by atoms with Crippen LogP contribution in [0.3, 0.4) is 0 Å². The number of carbonyl (C=O) groups is 1. The minimum atomic E-state index is -0.00956. The molecule has 3 nitrogen and oxygen atoms in total. The van der Waals surface area contributed by atoms with Crippen molar-refractivity contribution in [1.82, 2.24) is 0 Å². The third-order valence-electron chi connectivity index (χ3n) is 3.36. The fourth-order valence-corrected chi connectivity index (χ4v) is 2.74. The van der Waals surface area contributed by atoms with Crippen molar-refractivity contribution >= 4 is 33.6 Å². The molecule has 0 bridgehead atoms. The number of hydrogen-bond donors (Lipinski definition) is 0. The summed E-state index contributed by atoms with van der Waals surface area (Å²) in [5.41, 5.74) is 2.26. The molecule has 0 N–H and O–H groups in total. The summed E-state index contributed by atoms with van der Waals surface area (Å²) in [6, 6.07) is 11.7. The zero-order valence-corrected chi connectivity index (χ0v) is 12.5. The first-order chi connectivity index (χ1) is 9.74. The second kappa shape index (κ2) is 5.67. The minimum Gasteiger partial charge on any atom is -0.450 e. The molecule has 0 aliphatic carbocycles. The summed E-state index contributed by atoms with van der Waals surface area (Å²) >= 11 is 3.24. The molecule has 0 radical (unpaired) electrons. The lowest BCUT2D eigenvalue weighted by atomic mass is 10.0. The number of carbonyl (C=O) groups excluding carboxylic acids is 1. The molecule has 1 amide bonds. The Hall–Kier alpha value is -1.81. The monoisotopic (exact) mass is 331 g/mol. The van der Waals surface area contributed by atoms with Crippen molar-refractivity contribution in [1.29, 1.82) is 0 Å². The fourth-order valence-electron chi connectivity index (χ4n) is 2.42. The second-order valence-corrected chi connectivity index (χ2v) is 5.48. The highest BCUT2D eigenvalue weighted by Crippen LogP contribution is 2.27. The van der Waals surface area contributed by atoms with E-state index in [1.165, 1.54) is 5.56 Å². The Labute approximate surface area is 126 Å². The smallest absolute Gasteiger partial charge is 0.251 e.